The van der Waals surface area contributed by atoms with Gasteiger partial charge in [0.1, 0.15) is 5.75 Å². The van der Waals surface area contributed by atoms with Crippen LogP contribution in [0.25, 0.3) is 0 Å². The number of para-hydroxylation sites is 1. The van der Waals surface area contributed by atoms with Crippen molar-refractivity contribution in [3.8, 4) is 5.75 Å². The summed E-state index contributed by atoms with van der Waals surface area (Å²) >= 11 is 1.53. The number of rotatable bonds is 3. The Morgan fingerprint density at radius 1 is 1.42 bits per heavy atom. The fourth-order valence-corrected chi connectivity index (χ4v) is 2.63. The molecule has 1 amide bonds. The zero-order chi connectivity index (χ0) is 14.0. The molecule has 2 aromatic rings. The fourth-order valence-electron chi connectivity index (χ4n) is 1.80. The summed E-state index contributed by atoms with van der Waals surface area (Å²) in [5.41, 5.74) is 3.75. The Balaban J connectivity index is 2.20. The van der Waals surface area contributed by atoms with Gasteiger partial charge in [0.25, 0.3) is 5.91 Å². The number of phenolic OH excluding ortho intramolecular Hbond substituents is 1. The van der Waals surface area contributed by atoms with Crippen molar-refractivity contribution in [3.05, 3.63) is 45.4 Å². The van der Waals surface area contributed by atoms with Gasteiger partial charge < -0.3 is 10.0 Å². The van der Waals surface area contributed by atoms with Crippen LogP contribution in [0.5, 0.6) is 5.75 Å². The first-order valence-corrected chi connectivity index (χ1v) is 6.81. The minimum absolute atomic E-state index is 0.0559. The number of benzene rings is 1. The predicted molar refractivity (Wildman–Crippen MR) is 75.5 cm³/mol. The molecule has 5 heteroatoms. The van der Waals surface area contributed by atoms with Crippen molar-refractivity contribution in [2.45, 2.75) is 20.4 Å². The molecule has 0 aliphatic carbocycles. The number of aromatic hydroxyl groups is 1. The van der Waals surface area contributed by atoms with Gasteiger partial charge in [0.2, 0.25) is 0 Å². The molecular formula is C14H16N2O2S. The third-order valence-electron chi connectivity index (χ3n) is 3.04. The van der Waals surface area contributed by atoms with Gasteiger partial charge in [0.15, 0.2) is 0 Å². The average molecular weight is 276 g/mol. The molecule has 0 unspecified atom stereocenters. The topological polar surface area (TPSA) is 53.4 Å². The fraction of sp³-hybridized carbons (Fsp3) is 0.286. The number of thiazole rings is 1. The largest absolute Gasteiger partial charge is 0.507 e. The number of hydrogen-bond donors (Lipinski definition) is 1. The Bertz CT molecular complexity index is 607. The van der Waals surface area contributed by atoms with Gasteiger partial charge in [-0.2, -0.15) is 0 Å². The Morgan fingerprint density at radius 3 is 2.79 bits per heavy atom. The Labute approximate surface area is 116 Å². The molecule has 0 atom stereocenters. The summed E-state index contributed by atoms with van der Waals surface area (Å²) in [4.78, 5) is 19.1. The molecule has 0 fully saturated rings. The maximum absolute atomic E-state index is 12.3. The van der Waals surface area contributed by atoms with E-state index >= 15 is 0 Å². The summed E-state index contributed by atoms with van der Waals surface area (Å²) in [6.45, 7) is 4.20. The Hall–Kier alpha value is -1.88. The second-order valence-electron chi connectivity index (χ2n) is 4.49. The lowest BCUT2D eigenvalue weighted by atomic mass is 10.1. The molecule has 1 aromatic carbocycles. The number of aryl methyl sites for hydroxylation is 2. The van der Waals surface area contributed by atoms with Gasteiger partial charge >= 0.3 is 0 Å². The molecule has 0 aliphatic rings. The minimum atomic E-state index is -0.186. The van der Waals surface area contributed by atoms with Crippen LogP contribution in [0, 0.1) is 13.8 Å². The highest BCUT2D eigenvalue weighted by molar-refractivity contribution is 7.09. The summed E-state index contributed by atoms with van der Waals surface area (Å²) in [5.74, 6) is -0.130. The van der Waals surface area contributed by atoms with Gasteiger partial charge in [-0.1, -0.05) is 12.1 Å². The second kappa shape index (κ2) is 5.40. The predicted octanol–water partition coefficient (Wildman–Crippen LogP) is 2.74. The number of aromatic nitrogens is 1. The lowest BCUT2D eigenvalue weighted by Gasteiger charge is -2.17. The Kier molecular flexibility index (Phi) is 3.85. The number of carbonyl (C=O) groups is 1. The highest BCUT2D eigenvalue weighted by atomic mass is 32.1. The lowest BCUT2D eigenvalue weighted by molar-refractivity contribution is 0.0783. The van der Waals surface area contributed by atoms with Crippen molar-refractivity contribution >= 4 is 17.2 Å². The van der Waals surface area contributed by atoms with Gasteiger partial charge in [-0.15, -0.1) is 11.3 Å². The van der Waals surface area contributed by atoms with Crippen molar-refractivity contribution in [3.63, 3.8) is 0 Å². The standard InChI is InChI=1S/C14H16N2O2S/c1-9-5-4-6-11(13(9)17)14(18)16(3)7-12-10(2)15-8-19-12/h4-6,8,17H,7H2,1-3H3. The molecule has 1 heterocycles. The summed E-state index contributed by atoms with van der Waals surface area (Å²) < 4.78 is 0. The van der Waals surface area contributed by atoms with Crippen LogP contribution in [0.3, 0.4) is 0 Å². The molecule has 0 bridgehead atoms. The van der Waals surface area contributed by atoms with Crippen molar-refractivity contribution < 1.29 is 9.90 Å². The molecule has 1 N–H and O–H groups in total. The van der Waals surface area contributed by atoms with Crippen molar-refractivity contribution in [1.82, 2.24) is 9.88 Å². The van der Waals surface area contributed by atoms with Crippen LogP contribution in [0.1, 0.15) is 26.5 Å². The number of carbonyl (C=O) groups excluding carboxylic acids is 1. The van der Waals surface area contributed by atoms with E-state index in [2.05, 4.69) is 4.98 Å². The van der Waals surface area contributed by atoms with E-state index in [4.69, 9.17) is 0 Å². The molecule has 4 nitrogen and oxygen atoms in total. The Morgan fingerprint density at radius 2 is 2.16 bits per heavy atom. The smallest absolute Gasteiger partial charge is 0.257 e. The first kappa shape index (κ1) is 13.5. The van der Waals surface area contributed by atoms with E-state index in [1.54, 1.807) is 42.6 Å². The normalized spacial score (nSPS) is 10.5. The van der Waals surface area contributed by atoms with E-state index in [1.807, 2.05) is 6.92 Å². The molecule has 1 aromatic heterocycles. The minimum Gasteiger partial charge on any atom is -0.507 e. The molecular weight excluding hydrogens is 260 g/mol. The molecule has 0 spiro atoms. The molecule has 0 saturated heterocycles. The van der Waals surface area contributed by atoms with Crippen LogP contribution in [0.15, 0.2) is 23.7 Å². The molecule has 19 heavy (non-hydrogen) atoms. The summed E-state index contributed by atoms with van der Waals surface area (Å²) in [5, 5.41) is 9.94. The first-order valence-electron chi connectivity index (χ1n) is 5.93. The highest BCUT2D eigenvalue weighted by Crippen LogP contribution is 2.23. The second-order valence-corrected chi connectivity index (χ2v) is 5.43. The number of phenols is 1. The first-order chi connectivity index (χ1) is 9.00. The van der Waals surface area contributed by atoms with E-state index in [0.717, 1.165) is 10.6 Å². The quantitative estimate of drug-likeness (QED) is 0.937. The van der Waals surface area contributed by atoms with Gasteiger partial charge in [0.05, 0.1) is 23.3 Å². The van der Waals surface area contributed by atoms with Crippen LogP contribution in [0.4, 0.5) is 0 Å². The monoisotopic (exact) mass is 276 g/mol. The molecule has 0 radical (unpaired) electrons. The zero-order valence-electron chi connectivity index (χ0n) is 11.2. The third kappa shape index (κ3) is 2.76. The number of nitrogens with zero attached hydrogens (tertiary/aromatic N) is 2. The van der Waals surface area contributed by atoms with E-state index in [9.17, 15) is 9.90 Å². The van der Waals surface area contributed by atoms with Gasteiger partial charge in [-0.25, -0.2) is 4.98 Å². The lowest BCUT2D eigenvalue weighted by Crippen LogP contribution is -2.26. The van der Waals surface area contributed by atoms with Crippen LogP contribution >= 0.6 is 11.3 Å². The van der Waals surface area contributed by atoms with Crippen LogP contribution in [-0.4, -0.2) is 27.9 Å². The summed E-state index contributed by atoms with van der Waals surface area (Å²) in [7, 11) is 1.73. The maximum atomic E-state index is 12.3. The molecule has 0 aliphatic heterocycles. The summed E-state index contributed by atoms with van der Waals surface area (Å²) in [6, 6.07) is 5.19. The summed E-state index contributed by atoms with van der Waals surface area (Å²) in [6.07, 6.45) is 0. The van der Waals surface area contributed by atoms with Crippen molar-refractivity contribution in [2.24, 2.45) is 0 Å². The van der Waals surface area contributed by atoms with E-state index in [1.165, 1.54) is 11.3 Å². The van der Waals surface area contributed by atoms with E-state index in [0.29, 0.717) is 17.7 Å². The zero-order valence-corrected chi connectivity index (χ0v) is 12.0. The molecule has 2 rings (SSSR count). The highest BCUT2D eigenvalue weighted by Gasteiger charge is 2.18. The molecule has 100 valence electrons. The SMILES string of the molecule is Cc1cccc(C(=O)N(C)Cc2scnc2C)c1O. The van der Waals surface area contributed by atoms with Crippen molar-refractivity contribution in [2.75, 3.05) is 7.05 Å². The van der Waals surface area contributed by atoms with Gasteiger partial charge in [0, 0.05) is 11.9 Å². The van der Waals surface area contributed by atoms with E-state index < -0.39 is 0 Å². The van der Waals surface area contributed by atoms with E-state index in [-0.39, 0.29) is 11.7 Å². The van der Waals surface area contributed by atoms with Crippen LogP contribution in [-0.2, 0) is 6.54 Å². The van der Waals surface area contributed by atoms with Gasteiger partial charge in [-0.3, -0.25) is 4.79 Å². The van der Waals surface area contributed by atoms with Crippen LogP contribution in [0.2, 0.25) is 0 Å². The molecule has 0 saturated carbocycles. The average Bonchev–Trinajstić information content (AvgIpc) is 2.77. The number of amides is 1. The van der Waals surface area contributed by atoms with Crippen molar-refractivity contribution in [1.29, 1.82) is 0 Å². The van der Waals surface area contributed by atoms with Crippen LogP contribution < -0.4 is 0 Å². The number of hydrogen-bond acceptors (Lipinski definition) is 4. The third-order valence-corrected chi connectivity index (χ3v) is 3.96. The van der Waals surface area contributed by atoms with Gasteiger partial charge in [-0.05, 0) is 25.5 Å². The maximum Gasteiger partial charge on any atom is 0.257 e.